The molecule has 0 saturated carbocycles. The van der Waals surface area contributed by atoms with E-state index in [4.69, 9.17) is 15.3 Å². The lowest BCUT2D eigenvalue weighted by Crippen LogP contribution is -2.14. The SMILES string of the molecule is Cc1nc(C)c(C(=O)Nc2ccc(C(=O)O)cc2N)o1. The van der Waals surface area contributed by atoms with Gasteiger partial charge < -0.3 is 20.6 Å². The van der Waals surface area contributed by atoms with Gasteiger partial charge >= 0.3 is 5.97 Å². The second-order valence-corrected chi connectivity index (χ2v) is 4.21. The summed E-state index contributed by atoms with van der Waals surface area (Å²) in [6.07, 6.45) is 0. The second-order valence-electron chi connectivity index (χ2n) is 4.21. The van der Waals surface area contributed by atoms with Crippen molar-refractivity contribution in [1.29, 1.82) is 0 Å². The number of nitrogen functional groups attached to an aromatic ring is 1. The molecule has 0 spiro atoms. The molecule has 7 nitrogen and oxygen atoms in total. The molecule has 0 aliphatic heterocycles. The summed E-state index contributed by atoms with van der Waals surface area (Å²) in [7, 11) is 0. The summed E-state index contributed by atoms with van der Waals surface area (Å²) < 4.78 is 5.19. The second kappa shape index (κ2) is 5.04. The summed E-state index contributed by atoms with van der Waals surface area (Å²) in [5.41, 5.74) is 6.70. The summed E-state index contributed by atoms with van der Waals surface area (Å²) in [6.45, 7) is 3.29. The van der Waals surface area contributed by atoms with Crippen LogP contribution in [0, 0.1) is 13.8 Å². The third-order valence-corrected chi connectivity index (χ3v) is 2.66. The topological polar surface area (TPSA) is 118 Å². The molecule has 104 valence electrons. The largest absolute Gasteiger partial charge is 0.478 e. The molecule has 7 heteroatoms. The third-order valence-electron chi connectivity index (χ3n) is 2.66. The number of carbonyl (C=O) groups is 2. The van der Waals surface area contributed by atoms with Gasteiger partial charge in [-0.05, 0) is 25.1 Å². The van der Waals surface area contributed by atoms with Crippen molar-refractivity contribution in [1.82, 2.24) is 4.98 Å². The molecule has 1 aromatic carbocycles. The number of anilines is 2. The lowest BCUT2D eigenvalue weighted by atomic mass is 10.1. The van der Waals surface area contributed by atoms with E-state index < -0.39 is 11.9 Å². The molecule has 0 radical (unpaired) electrons. The quantitative estimate of drug-likeness (QED) is 0.735. The Morgan fingerprint density at radius 2 is 2.05 bits per heavy atom. The van der Waals surface area contributed by atoms with Gasteiger partial charge in [-0.3, -0.25) is 4.79 Å². The monoisotopic (exact) mass is 275 g/mol. The highest BCUT2D eigenvalue weighted by molar-refractivity contribution is 6.05. The first-order chi connectivity index (χ1) is 9.38. The van der Waals surface area contributed by atoms with Crippen molar-refractivity contribution in [3.63, 3.8) is 0 Å². The number of benzene rings is 1. The molecule has 2 rings (SSSR count). The predicted octanol–water partition coefficient (Wildman–Crippen LogP) is 1.82. The first-order valence-corrected chi connectivity index (χ1v) is 5.76. The van der Waals surface area contributed by atoms with Gasteiger partial charge in [0.1, 0.15) is 0 Å². The van der Waals surface area contributed by atoms with E-state index in [1.54, 1.807) is 13.8 Å². The minimum atomic E-state index is -1.09. The summed E-state index contributed by atoms with van der Waals surface area (Å²) in [4.78, 5) is 26.8. The molecule has 0 bridgehead atoms. The number of hydrogen-bond acceptors (Lipinski definition) is 5. The fourth-order valence-electron chi connectivity index (χ4n) is 1.73. The average Bonchev–Trinajstić information content (AvgIpc) is 2.70. The Morgan fingerprint density at radius 3 is 2.55 bits per heavy atom. The van der Waals surface area contributed by atoms with Gasteiger partial charge in [0.15, 0.2) is 5.89 Å². The average molecular weight is 275 g/mol. The smallest absolute Gasteiger partial charge is 0.335 e. The number of nitrogens with zero attached hydrogens (tertiary/aromatic N) is 1. The van der Waals surface area contributed by atoms with Gasteiger partial charge in [-0.2, -0.15) is 0 Å². The molecule has 0 aliphatic rings. The van der Waals surface area contributed by atoms with Crippen LogP contribution in [0.25, 0.3) is 0 Å². The summed E-state index contributed by atoms with van der Waals surface area (Å²) >= 11 is 0. The molecule has 2 aromatic rings. The van der Waals surface area contributed by atoms with Crippen LogP contribution in [-0.4, -0.2) is 22.0 Å². The molecule has 0 saturated heterocycles. The molecule has 1 amide bonds. The maximum absolute atomic E-state index is 12.0. The lowest BCUT2D eigenvalue weighted by molar-refractivity contribution is 0.0697. The van der Waals surface area contributed by atoms with E-state index in [0.717, 1.165) is 0 Å². The molecular weight excluding hydrogens is 262 g/mol. The summed E-state index contributed by atoms with van der Waals surface area (Å²) in [6, 6.07) is 4.05. The molecule has 0 fully saturated rings. The predicted molar refractivity (Wildman–Crippen MR) is 71.7 cm³/mol. The Hall–Kier alpha value is -2.83. The molecule has 0 aliphatic carbocycles. The minimum Gasteiger partial charge on any atom is -0.478 e. The van der Waals surface area contributed by atoms with E-state index in [2.05, 4.69) is 10.3 Å². The van der Waals surface area contributed by atoms with Crippen LogP contribution >= 0.6 is 0 Å². The van der Waals surface area contributed by atoms with Crippen molar-refractivity contribution in [2.24, 2.45) is 0 Å². The fraction of sp³-hybridized carbons (Fsp3) is 0.154. The number of carbonyl (C=O) groups excluding carboxylic acids is 1. The van der Waals surface area contributed by atoms with Crippen molar-refractivity contribution < 1.29 is 19.1 Å². The van der Waals surface area contributed by atoms with Crippen LogP contribution in [0.4, 0.5) is 11.4 Å². The number of nitrogens with two attached hydrogens (primary N) is 1. The number of aryl methyl sites for hydroxylation is 2. The molecule has 20 heavy (non-hydrogen) atoms. The van der Waals surface area contributed by atoms with Gasteiger partial charge in [0, 0.05) is 6.92 Å². The van der Waals surface area contributed by atoms with Crippen molar-refractivity contribution in [3.05, 3.63) is 41.1 Å². The first kappa shape index (κ1) is 13.6. The van der Waals surface area contributed by atoms with Gasteiger partial charge in [0.2, 0.25) is 5.76 Å². The van der Waals surface area contributed by atoms with Crippen molar-refractivity contribution in [2.75, 3.05) is 11.1 Å². The Kier molecular flexibility index (Phi) is 3.43. The molecule has 0 atom stereocenters. The van der Waals surface area contributed by atoms with E-state index in [9.17, 15) is 9.59 Å². The highest BCUT2D eigenvalue weighted by Crippen LogP contribution is 2.21. The summed E-state index contributed by atoms with van der Waals surface area (Å²) in [5, 5.41) is 11.4. The van der Waals surface area contributed by atoms with E-state index >= 15 is 0 Å². The number of oxazole rings is 1. The number of nitrogens with one attached hydrogen (secondary N) is 1. The van der Waals surface area contributed by atoms with Crippen LogP contribution in [0.2, 0.25) is 0 Å². The van der Waals surface area contributed by atoms with E-state index in [1.165, 1.54) is 18.2 Å². The van der Waals surface area contributed by atoms with Crippen LogP contribution in [0.1, 0.15) is 32.5 Å². The maximum Gasteiger partial charge on any atom is 0.335 e. The highest BCUT2D eigenvalue weighted by atomic mass is 16.4. The molecule has 4 N–H and O–H groups in total. The Morgan fingerprint density at radius 1 is 1.35 bits per heavy atom. The van der Waals surface area contributed by atoms with Crippen LogP contribution in [0.5, 0.6) is 0 Å². The van der Waals surface area contributed by atoms with Crippen molar-refractivity contribution in [3.8, 4) is 0 Å². The number of rotatable bonds is 3. The Labute approximate surface area is 114 Å². The van der Waals surface area contributed by atoms with E-state index in [1.807, 2.05) is 0 Å². The van der Waals surface area contributed by atoms with Gasteiger partial charge in [0.05, 0.1) is 22.6 Å². The van der Waals surface area contributed by atoms with Crippen molar-refractivity contribution in [2.45, 2.75) is 13.8 Å². The van der Waals surface area contributed by atoms with Crippen molar-refractivity contribution >= 4 is 23.3 Å². The number of carboxylic acid groups (broad SMARTS) is 1. The Bertz CT molecular complexity index is 691. The van der Waals surface area contributed by atoms with Crippen LogP contribution < -0.4 is 11.1 Å². The number of hydrogen-bond donors (Lipinski definition) is 3. The van der Waals surface area contributed by atoms with Gasteiger partial charge in [-0.15, -0.1) is 0 Å². The fourth-order valence-corrected chi connectivity index (χ4v) is 1.73. The zero-order valence-electron chi connectivity index (χ0n) is 10.9. The number of amides is 1. The lowest BCUT2D eigenvalue weighted by Gasteiger charge is -2.07. The van der Waals surface area contributed by atoms with Gasteiger partial charge in [-0.1, -0.05) is 0 Å². The third kappa shape index (κ3) is 2.61. The van der Waals surface area contributed by atoms with E-state index in [-0.39, 0.29) is 17.0 Å². The molecule has 1 aromatic heterocycles. The minimum absolute atomic E-state index is 0.0483. The van der Waals surface area contributed by atoms with Gasteiger partial charge in [0.25, 0.3) is 5.91 Å². The van der Waals surface area contributed by atoms with Crippen LogP contribution in [0.3, 0.4) is 0 Å². The van der Waals surface area contributed by atoms with Crippen LogP contribution in [0.15, 0.2) is 22.6 Å². The number of carboxylic acids is 1. The van der Waals surface area contributed by atoms with Crippen LogP contribution in [-0.2, 0) is 0 Å². The summed E-state index contributed by atoms with van der Waals surface area (Å²) in [5.74, 6) is -1.08. The van der Waals surface area contributed by atoms with E-state index in [0.29, 0.717) is 17.3 Å². The number of aromatic nitrogens is 1. The Balaban J connectivity index is 2.24. The first-order valence-electron chi connectivity index (χ1n) is 5.76. The molecular formula is C13H13N3O4. The zero-order chi connectivity index (χ0) is 14.9. The maximum atomic E-state index is 12.0. The zero-order valence-corrected chi connectivity index (χ0v) is 10.9. The normalized spacial score (nSPS) is 10.3. The molecule has 0 unspecified atom stereocenters. The standard InChI is InChI=1S/C13H13N3O4/c1-6-11(20-7(2)15-6)12(17)16-10-4-3-8(13(18)19)5-9(10)14/h3-5H,14H2,1-2H3,(H,16,17)(H,18,19). The van der Waals surface area contributed by atoms with Gasteiger partial charge in [-0.25, -0.2) is 9.78 Å². The molecule has 1 heterocycles. The number of aromatic carboxylic acids is 1. The highest BCUT2D eigenvalue weighted by Gasteiger charge is 2.17.